The zero-order valence-corrected chi connectivity index (χ0v) is 27.3. The first-order chi connectivity index (χ1) is 20.2. The van der Waals surface area contributed by atoms with E-state index in [9.17, 15) is 19.7 Å². The Hall–Kier alpha value is -3.46. The number of nitro benzene ring substituents is 1. The van der Waals surface area contributed by atoms with Gasteiger partial charge >= 0.3 is 0 Å². The largest absolute Gasteiger partial charge is 0.490 e. The van der Waals surface area contributed by atoms with E-state index in [4.69, 9.17) is 9.47 Å². The van der Waals surface area contributed by atoms with Crippen molar-refractivity contribution in [1.29, 1.82) is 0 Å². The first-order valence-electron chi connectivity index (χ1n) is 14.9. The molecule has 2 aromatic carbocycles. The van der Waals surface area contributed by atoms with Crippen LogP contribution in [0.5, 0.6) is 11.5 Å². The van der Waals surface area contributed by atoms with Gasteiger partial charge in [0.1, 0.15) is 6.61 Å². The van der Waals surface area contributed by atoms with Crippen molar-refractivity contribution in [2.45, 2.75) is 79.8 Å². The van der Waals surface area contributed by atoms with E-state index in [1.165, 1.54) is 12.1 Å². The summed E-state index contributed by atoms with van der Waals surface area (Å²) in [6, 6.07) is 10.1. The van der Waals surface area contributed by atoms with E-state index in [0.29, 0.717) is 42.0 Å². The highest BCUT2D eigenvalue weighted by Gasteiger charge is 2.48. The van der Waals surface area contributed by atoms with Gasteiger partial charge in [-0.15, -0.1) is 0 Å². The van der Waals surface area contributed by atoms with Crippen molar-refractivity contribution in [1.82, 2.24) is 4.90 Å². The Morgan fingerprint density at radius 2 is 1.47 bits per heavy atom. The number of rotatable bonds is 8. The molecule has 0 saturated carbocycles. The SMILES string of the molecule is CCOc1cc(C2C3=C(CC(C)(C)CC3=O)N(CC)C3=C2C(=O)CC(C)(C)C3)cc(Br)c1OCc1ccc([N+](=O)[O-])cc1. The van der Waals surface area contributed by atoms with Crippen LogP contribution in [0.15, 0.2) is 63.4 Å². The molecule has 0 N–H and O–H groups in total. The molecular formula is C34H39BrN2O6. The number of carbonyl (C=O) groups is 2. The standard InChI is InChI=1S/C34H39BrN2O6/c1-7-36-24-15-33(3,4)17-26(38)30(24)29(31-25(36)16-34(5,6)18-27(31)39)21-13-23(35)32(28(14-21)42-8-2)43-19-20-9-11-22(12-10-20)37(40)41/h9-14,29H,7-8,15-19H2,1-6H3. The number of Topliss-reactive ketones (excluding diaryl/α,β-unsaturated/α-hetero) is 2. The van der Waals surface area contributed by atoms with Crippen molar-refractivity contribution in [2.75, 3.05) is 13.2 Å². The predicted molar refractivity (Wildman–Crippen MR) is 168 cm³/mol. The zero-order valence-electron chi connectivity index (χ0n) is 25.7. The van der Waals surface area contributed by atoms with Gasteiger partial charge < -0.3 is 14.4 Å². The van der Waals surface area contributed by atoms with Gasteiger partial charge in [-0.25, -0.2) is 0 Å². The molecule has 2 aliphatic carbocycles. The summed E-state index contributed by atoms with van der Waals surface area (Å²) in [6.45, 7) is 13.8. The molecule has 9 heteroatoms. The fraction of sp³-hybridized carbons (Fsp3) is 0.471. The lowest BCUT2D eigenvalue weighted by Gasteiger charge is -2.49. The molecule has 1 aliphatic heterocycles. The van der Waals surface area contributed by atoms with Gasteiger partial charge in [0, 0.05) is 60.0 Å². The summed E-state index contributed by atoms with van der Waals surface area (Å²) in [5.41, 5.74) is 4.77. The molecule has 0 radical (unpaired) electrons. The van der Waals surface area contributed by atoms with Gasteiger partial charge in [-0.1, -0.05) is 27.7 Å². The van der Waals surface area contributed by atoms with Crippen molar-refractivity contribution >= 4 is 33.2 Å². The summed E-state index contributed by atoms with van der Waals surface area (Å²) in [4.78, 5) is 40.8. The number of halogens is 1. The fourth-order valence-corrected chi connectivity index (χ4v) is 7.36. The van der Waals surface area contributed by atoms with E-state index < -0.39 is 10.8 Å². The van der Waals surface area contributed by atoms with E-state index in [0.717, 1.165) is 46.5 Å². The number of hydrogen-bond acceptors (Lipinski definition) is 7. The normalized spacial score (nSPS) is 19.7. The highest BCUT2D eigenvalue weighted by atomic mass is 79.9. The molecule has 43 heavy (non-hydrogen) atoms. The number of benzene rings is 2. The molecule has 0 aromatic heterocycles. The highest BCUT2D eigenvalue weighted by molar-refractivity contribution is 9.10. The van der Waals surface area contributed by atoms with Crippen LogP contribution in [0.4, 0.5) is 5.69 Å². The van der Waals surface area contributed by atoms with Crippen molar-refractivity contribution in [3.63, 3.8) is 0 Å². The van der Waals surface area contributed by atoms with Crippen molar-refractivity contribution < 1.29 is 24.0 Å². The van der Waals surface area contributed by atoms with Gasteiger partial charge in [0.25, 0.3) is 5.69 Å². The fourth-order valence-electron chi connectivity index (χ4n) is 6.79. The molecule has 0 bridgehead atoms. The second-order valence-electron chi connectivity index (χ2n) is 13.3. The van der Waals surface area contributed by atoms with Crippen molar-refractivity contribution in [3.8, 4) is 11.5 Å². The van der Waals surface area contributed by atoms with Crippen LogP contribution >= 0.6 is 15.9 Å². The lowest BCUT2D eigenvalue weighted by molar-refractivity contribution is -0.384. The third-order valence-electron chi connectivity index (χ3n) is 8.53. The van der Waals surface area contributed by atoms with Gasteiger partial charge in [-0.05, 0) is 88.8 Å². The van der Waals surface area contributed by atoms with E-state index in [1.54, 1.807) is 12.1 Å². The summed E-state index contributed by atoms with van der Waals surface area (Å²) in [6.07, 6.45) is 2.38. The number of hydrogen-bond donors (Lipinski definition) is 0. The average molecular weight is 652 g/mol. The molecule has 0 spiro atoms. The van der Waals surface area contributed by atoms with Crippen LogP contribution < -0.4 is 9.47 Å². The maximum Gasteiger partial charge on any atom is 0.269 e. The molecule has 3 aliphatic rings. The van der Waals surface area contributed by atoms with Gasteiger partial charge in [-0.3, -0.25) is 19.7 Å². The average Bonchev–Trinajstić information content (AvgIpc) is 2.90. The van der Waals surface area contributed by atoms with Crippen LogP contribution in [-0.2, 0) is 16.2 Å². The van der Waals surface area contributed by atoms with Crippen LogP contribution in [0.25, 0.3) is 0 Å². The quantitative estimate of drug-likeness (QED) is 0.210. The second kappa shape index (κ2) is 11.6. The Morgan fingerprint density at radius 3 is 1.95 bits per heavy atom. The van der Waals surface area contributed by atoms with Gasteiger partial charge in [0.05, 0.1) is 16.0 Å². The minimum absolute atomic E-state index is 0.0158. The molecule has 0 atom stereocenters. The van der Waals surface area contributed by atoms with Crippen LogP contribution in [-0.4, -0.2) is 34.5 Å². The molecule has 1 heterocycles. The third kappa shape index (κ3) is 6.01. The Kier molecular flexibility index (Phi) is 8.33. The zero-order chi connectivity index (χ0) is 31.3. The summed E-state index contributed by atoms with van der Waals surface area (Å²) in [7, 11) is 0. The molecule has 8 nitrogen and oxygen atoms in total. The first kappa shape index (κ1) is 31.0. The molecule has 228 valence electrons. The lowest BCUT2D eigenvalue weighted by Crippen LogP contribution is -2.44. The smallest absolute Gasteiger partial charge is 0.269 e. The van der Waals surface area contributed by atoms with E-state index in [2.05, 4.69) is 55.4 Å². The number of nitrogens with zero attached hydrogens (tertiary/aromatic N) is 2. The molecular weight excluding hydrogens is 612 g/mol. The number of carbonyl (C=O) groups excluding carboxylic acids is 2. The number of ketones is 2. The minimum atomic E-state index is -0.487. The maximum atomic E-state index is 14.0. The summed E-state index contributed by atoms with van der Waals surface area (Å²) >= 11 is 3.70. The molecule has 5 rings (SSSR count). The predicted octanol–water partition coefficient (Wildman–Crippen LogP) is 8.04. The monoisotopic (exact) mass is 650 g/mol. The molecule has 0 unspecified atom stereocenters. The summed E-state index contributed by atoms with van der Waals surface area (Å²) in [5.74, 6) is 0.686. The van der Waals surface area contributed by atoms with E-state index >= 15 is 0 Å². The summed E-state index contributed by atoms with van der Waals surface area (Å²) < 4.78 is 12.9. The highest BCUT2D eigenvalue weighted by Crippen LogP contribution is 2.55. The second-order valence-corrected chi connectivity index (χ2v) is 14.1. The molecule has 0 saturated heterocycles. The Balaban J connectivity index is 1.62. The Labute approximate surface area is 261 Å². The number of non-ortho nitro benzene ring substituents is 1. The molecule has 2 aromatic rings. The Bertz CT molecular complexity index is 1500. The topological polar surface area (TPSA) is 99.0 Å². The van der Waals surface area contributed by atoms with E-state index in [1.807, 2.05) is 19.1 Å². The lowest BCUT2D eigenvalue weighted by atomic mass is 9.63. The van der Waals surface area contributed by atoms with Crippen molar-refractivity contribution in [2.24, 2.45) is 10.8 Å². The van der Waals surface area contributed by atoms with Crippen molar-refractivity contribution in [3.05, 3.63) is 84.7 Å². The maximum absolute atomic E-state index is 14.0. The van der Waals surface area contributed by atoms with Crippen LogP contribution in [0.2, 0.25) is 0 Å². The third-order valence-corrected chi connectivity index (χ3v) is 9.12. The number of ether oxygens (including phenoxy) is 2. The van der Waals surface area contributed by atoms with E-state index in [-0.39, 0.29) is 34.7 Å². The van der Waals surface area contributed by atoms with Gasteiger partial charge in [0.2, 0.25) is 0 Å². The minimum Gasteiger partial charge on any atom is -0.490 e. The molecule has 0 amide bonds. The number of allylic oxidation sites excluding steroid dienone is 4. The van der Waals surface area contributed by atoms with Gasteiger partial charge in [-0.2, -0.15) is 0 Å². The Morgan fingerprint density at radius 1 is 0.907 bits per heavy atom. The summed E-state index contributed by atoms with van der Waals surface area (Å²) in [5, 5.41) is 11.0. The van der Waals surface area contributed by atoms with Crippen LogP contribution in [0, 0.1) is 20.9 Å². The molecule has 0 fully saturated rings. The van der Waals surface area contributed by atoms with Gasteiger partial charge in [0.15, 0.2) is 23.1 Å². The van der Waals surface area contributed by atoms with Crippen LogP contribution in [0.1, 0.15) is 84.3 Å². The number of nitro groups is 1. The first-order valence-corrected chi connectivity index (χ1v) is 15.7. The van der Waals surface area contributed by atoms with Crippen LogP contribution in [0.3, 0.4) is 0 Å².